The van der Waals surface area contributed by atoms with E-state index in [1.54, 1.807) is 0 Å². The van der Waals surface area contributed by atoms with Gasteiger partial charge < -0.3 is 4.90 Å². The highest BCUT2D eigenvalue weighted by Crippen LogP contribution is 2.53. The zero-order valence-electron chi connectivity index (χ0n) is 14.2. The molecule has 1 aliphatic heterocycles. The molecule has 0 radical (unpaired) electrons. The lowest BCUT2D eigenvalue weighted by Crippen LogP contribution is -2.45. The summed E-state index contributed by atoms with van der Waals surface area (Å²) in [7, 11) is 0. The Bertz CT molecular complexity index is 1060. The molecule has 3 aromatic rings. The summed E-state index contributed by atoms with van der Waals surface area (Å²) in [6, 6.07) is 20.4. The van der Waals surface area contributed by atoms with Crippen molar-refractivity contribution in [1.82, 2.24) is 0 Å². The number of para-hydroxylation sites is 1. The fourth-order valence-electron chi connectivity index (χ4n) is 4.29. The molecule has 0 amide bonds. The van der Waals surface area contributed by atoms with Crippen molar-refractivity contribution >= 4 is 28.4 Å². The predicted octanol–water partition coefficient (Wildman–Crippen LogP) is 5.01. The van der Waals surface area contributed by atoms with E-state index in [9.17, 15) is 4.79 Å². The highest BCUT2D eigenvalue weighted by atomic mass is 32.1. The predicted molar refractivity (Wildman–Crippen MR) is 109 cm³/mol. The summed E-state index contributed by atoms with van der Waals surface area (Å²) < 4.78 is 0. The Balaban J connectivity index is 1.83. The number of ketones is 1. The number of nitrogens with zero attached hydrogens (tertiary/aromatic N) is 1. The Hall–Kier alpha value is -2.91. The average molecular weight is 356 g/mol. The van der Waals surface area contributed by atoms with Gasteiger partial charge in [0.05, 0.1) is 0 Å². The largest absolute Gasteiger partial charge is 0.347 e. The number of hydrogen-bond donors (Lipinski definition) is 0. The molecule has 2 aliphatic rings. The van der Waals surface area contributed by atoms with Crippen LogP contribution >= 0.6 is 11.3 Å². The summed E-state index contributed by atoms with van der Waals surface area (Å²) in [4.78, 5) is 17.1. The molecule has 0 N–H and O–H groups in total. The van der Waals surface area contributed by atoms with E-state index in [1.165, 1.54) is 21.8 Å². The Morgan fingerprint density at radius 3 is 2.54 bits per heavy atom. The molecule has 0 saturated carbocycles. The second-order valence-corrected chi connectivity index (χ2v) is 7.68. The second kappa shape index (κ2) is 5.55. The molecule has 3 heteroatoms. The van der Waals surface area contributed by atoms with E-state index in [0.29, 0.717) is 6.54 Å². The molecule has 1 unspecified atom stereocenters. The molecule has 1 aliphatic carbocycles. The van der Waals surface area contributed by atoms with Crippen LogP contribution in [-0.2, 0) is 5.54 Å². The molecule has 1 atom stereocenters. The first-order valence-corrected chi connectivity index (χ1v) is 9.67. The Labute approximate surface area is 156 Å². The van der Waals surface area contributed by atoms with Gasteiger partial charge in [0.25, 0.3) is 0 Å². The number of hydrogen-bond acceptors (Lipinski definition) is 2. The second-order valence-electron chi connectivity index (χ2n) is 6.64. The van der Waals surface area contributed by atoms with Crippen LogP contribution in [0.1, 0.15) is 26.4 Å². The van der Waals surface area contributed by atoms with Crippen LogP contribution in [0.5, 0.6) is 0 Å². The molecule has 2 aromatic carbocycles. The van der Waals surface area contributed by atoms with Gasteiger partial charge in [-0.15, -0.1) is 6.58 Å². The molecule has 0 bridgehead atoms. The molecule has 0 fully saturated rings. The summed E-state index contributed by atoms with van der Waals surface area (Å²) in [6.45, 7) is 4.55. The van der Waals surface area contributed by atoms with E-state index in [4.69, 9.17) is 0 Å². The first-order chi connectivity index (χ1) is 12.8. The average Bonchev–Trinajstić information content (AvgIpc) is 3.37. The quantitative estimate of drug-likeness (QED) is 0.486. The monoisotopic (exact) mass is 356 g/mol. The zero-order chi connectivity index (χ0) is 17.7. The van der Waals surface area contributed by atoms with E-state index in [0.717, 1.165) is 22.4 Å². The van der Waals surface area contributed by atoms with Gasteiger partial charge in [-0.05, 0) is 46.7 Å². The standard InChI is InChI=1S/C23H17NOS/c1-2-13-24-20-11-6-4-9-17(20)22(25)23(24)15-18(21-12-7-14-26-21)16-8-3-5-10-19(16)23/h2-12,14-15H,1,13H2/p+1. The van der Waals surface area contributed by atoms with Crippen LogP contribution in [0.3, 0.4) is 0 Å². The molecule has 1 aromatic heterocycles. The lowest BCUT2D eigenvalue weighted by atomic mass is 9.86. The summed E-state index contributed by atoms with van der Waals surface area (Å²) in [5.41, 5.74) is 4.40. The maximum Gasteiger partial charge on any atom is 0.199 e. The van der Waals surface area contributed by atoms with Crippen LogP contribution in [0, 0.1) is 0 Å². The first kappa shape index (κ1) is 15.4. The molecule has 1 spiro atoms. The van der Waals surface area contributed by atoms with Crippen molar-refractivity contribution in [3.63, 3.8) is 0 Å². The third-order valence-corrected chi connectivity index (χ3v) is 6.32. The molecular weight excluding hydrogens is 338 g/mol. The van der Waals surface area contributed by atoms with Gasteiger partial charge in [0.1, 0.15) is 10.9 Å². The van der Waals surface area contributed by atoms with E-state index in [1.807, 2.05) is 36.4 Å². The van der Waals surface area contributed by atoms with Crippen LogP contribution in [0.2, 0.25) is 0 Å². The number of anilines is 1. The van der Waals surface area contributed by atoms with Crippen molar-refractivity contribution in [3.8, 4) is 0 Å². The number of benzene rings is 2. The fraction of sp³-hybridized carbons (Fsp3) is 0.0870. The normalized spacial score (nSPS) is 20.2. The number of Topliss-reactive ketones (excluding diaryl/α,β-unsaturated/α-hetero) is 1. The van der Waals surface area contributed by atoms with Gasteiger partial charge in [-0.3, -0.25) is 4.79 Å². The smallest absolute Gasteiger partial charge is 0.199 e. The minimum absolute atomic E-state index is 0.153. The van der Waals surface area contributed by atoms with Crippen LogP contribution in [0.4, 0.5) is 5.69 Å². The van der Waals surface area contributed by atoms with Gasteiger partial charge in [-0.25, -0.2) is 0 Å². The number of carbonyl (C=O) groups is 1. The maximum absolute atomic E-state index is 13.7. The van der Waals surface area contributed by atoms with Crippen molar-refractivity contribution in [3.05, 3.63) is 106 Å². The Morgan fingerprint density at radius 2 is 1.77 bits per heavy atom. The lowest BCUT2D eigenvalue weighted by Gasteiger charge is -2.34. The van der Waals surface area contributed by atoms with Crippen LogP contribution in [0.15, 0.2) is 84.8 Å². The molecule has 2 nitrogen and oxygen atoms in total. The Kier molecular flexibility index (Phi) is 3.28. The van der Waals surface area contributed by atoms with Crippen LogP contribution in [-0.4, -0.2) is 12.3 Å². The molecule has 2 heterocycles. The molecule has 126 valence electrons. The van der Waals surface area contributed by atoms with Gasteiger partial charge >= 0.3 is 0 Å². The third-order valence-electron chi connectivity index (χ3n) is 5.33. The number of rotatable bonds is 3. The van der Waals surface area contributed by atoms with Gasteiger partial charge in [-0.2, -0.15) is 0 Å². The maximum atomic E-state index is 13.7. The highest BCUT2D eigenvalue weighted by Gasteiger charge is 2.54. The summed E-state index contributed by atoms with van der Waals surface area (Å²) in [5, 5.41) is 2.14. The van der Waals surface area contributed by atoms with E-state index in [-0.39, 0.29) is 5.78 Å². The van der Waals surface area contributed by atoms with Crippen molar-refractivity contribution in [2.75, 3.05) is 11.4 Å². The Morgan fingerprint density at radius 1 is 1.00 bits per heavy atom. The van der Waals surface area contributed by atoms with Crippen molar-refractivity contribution in [2.24, 2.45) is 0 Å². The van der Waals surface area contributed by atoms with Gasteiger partial charge in [0.15, 0.2) is 10.7 Å². The first-order valence-electron chi connectivity index (χ1n) is 8.70. The fourth-order valence-corrected chi connectivity index (χ4v) is 5.12. The SMILES string of the molecule is C=CCN1c2ccccc2C(=O)C12C=C(c1ccc[sH+]1)c1ccccc12. The van der Waals surface area contributed by atoms with Gasteiger partial charge in [0.2, 0.25) is 0 Å². The van der Waals surface area contributed by atoms with Gasteiger partial charge in [0, 0.05) is 29.4 Å². The minimum Gasteiger partial charge on any atom is -0.347 e. The molecule has 0 saturated heterocycles. The number of thiophene rings is 1. The van der Waals surface area contributed by atoms with Crippen molar-refractivity contribution in [2.45, 2.75) is 5.54 Å². The van der Waals surface area contributed by atoms with E-state index >= 15 is 0 Å². The molecular formula is C23H18NOS+. The van der Waals surface area contributed by atoms with Crippen LogP contribution < -0.4 is 4.90 Å². The number of carbonyl (C=O) groups excluding carboxylic acids is 1. The summed E-state index contributed by atoms with van der Waals surface area (Å²) >= 11 is 1.18. The molecule has 5 rings (SSSR count). The van der Waals surface area contributed by atoms with Crippen LogP contribution in [0.25, 0.3) is 5.57 Å². The van der Waals surface area contributed by atoms with Gasteiger partial charge in [-0.1, -0.05) is 42.5 Å². The van der Waals surface area contributed by atoms with E-state index < -0.39 is 5.54 Å². The van der Waals surface area contributed by atoms with Crippen molar-refractivity contribution in [1.29, 1.82) is 0 Å². The van der Waals surface area contributed by atoms with E-state index in [2.05, 4.69) is 53.3 Å². The third kappa shape index (κ3) is 1.84. The lowest BCUT2D eigenvalue weighted by molar-refractivity contribution is 0.0933. The summed E-state index contributed by atoms with van der Waals surface area (Å²) in [5.74, 6) is 0.153. The summed E-state index contributed by atoms with van der Waals surface area (Å²) in [6.07, 6.45) is 4.05. The highest BCUT2D eigenvalue weighted by molar-refractivity contribution is 7.11. The topological polar surface area (TPSA) is 20.3 Å². The minimum atomic E-state index is -0.775. The zero-order valence-corrected chi connectivity index (χ0v) is 15.1. The number of fused-ring (bicyclic) bond motifs is 3. The molecule has 26 heavy (non-hydrogen) atoms. The van der Waals surface area contributed by atoms with Crippen molar-refractivity contribution < 1.29 is 4.79 Å².